The number of hydrogen-bond donors (Lipinski definition) is 1. The number of aromatic nitrogens is 4. The third-order valence-electron chi connectivity index (χ3n) is 2.80. The number of H-pyrrole nitrogens is 1. The molecule has 0 saturated carbocycles. The molecule has 0 spiro atoms. The van der Waals surface area contributed by atoms with Gasteiger partial charge in [-0.25, -0.2) is 4.79 Å². The van der Waals surface area contributed by atoms with Gasteiger partial charge in [0.05, 0.1) is 12.2 Å². The topological polar surface area (TPSA) is 72.7 Å². The monoisotopic (exact) mass is 268 g/mol. The van der Waals surface area contributed by atoms with Crippen molar-refractivity contribution in [3.63, 3.8) is 0 Å². The molecule has 7 heteroatoms. The molecule has 18 heavy (non-hydrogen) atoms. The zero-order valence-electron chi connectivity index (χ0n) is 10.3. The van der Waals surface area contributed by atoms with Gasteiger partial charge in [0.1, 0.15) is 5.15 Å². The summed E-state index contributed by atoms with van der Waals surface area (Å²) < 4.78 is 2.76. The molecular formula is C11H13ClN4O2. The van der Waals surface area contributed by atoms with Crippen molar-refractivity contribution >= 4 is 11.6 Å². The van der Waals surface area contributed by atoms with Crippen LogP contribution in [0.4, 0.5) is 0 Å². The van der Waals surface area contributed by atoms with Crippen LogP contribution in [-0.4, -0.2) is 19.3 Å². The molecule has 2 heterocycles. The normalized spacial score (nSPS) is 10.9. The standard InChI is InChI=1S/C11H13ClN4O2/c1-6-9(12)13-11(18)16(10(6)17)5-8-4-15(3)14-7(8)2/h4H,5H2,1-3H3,(H,13,18). The molecule has 0 unspecified atom stereocenters. The van der Waals surface area contributed by atoms with E-state index in [4.69, 9.17) is 11.6 Å². The van der Waals surface area contributed by atoms with Crippen LogP contribution in [0, 0.1) is 13.8 Å². The summed E-state index contributed by atoms with van der Waals surface area (Å²) in [5.41, 5.74) is 1.05. The number of aryl methyl sites for hydroxylation is 2. The number of nitrogens with one attached hydrogen (secondary N) is 1. The molecule has 0 saturated heterocycles. The van der Waals surface area contributed by atoms with Crippen LogP contribution in [0.5, 0.6) is 0 Å². The van der Waals surface area contributed by atoms with E-state index in [1.807, 2.05) is 6.92 Å². The highest BCUT2D eigenvalue weighted by molar-refractivity contribution is 6.30. The van der Waals surface area contributed by atoms with Gasteiger partial charge in [-0.2, -0.15) is 5.10 Å². The minimum absolute atomic E-state index is 0.0872. The largest absolute Gasteiger partial charge is 0.329 e. The van der Waals surface area contributed by atoms with E-state index in [-0.39, 0.29) is 17.3 Å². The van der Waals surface area contributed by atoms with Gasteiger partial charge in [-0.05, 0) is 13.8 Å². The summed E-state index contributed by atoms with van der Waals surface area (Å²) in [4.78, 5) is 26.1. The van der Waals surface area contributed by atoms with E-state index in [0.29, 0.717) is 5.56 Å². The number of aromatic amines is 1. The smallest absolute Gasteiger partial charge is 0.297 e. The van der Waals surface area contributed by atoms with E-state index in [1.54, 1.807) is 24.9 Å². The number of rotatable bonds is 2. The Morgan fingerprint density at radius 3 is 2.61 bits per heavy atom. The second kappa shape index (κ2) is 4.45. The molecule has 6 nitrogen and oxygen atoms in total. The highest BCUT2D eigenvalue weighted by Gasteiger charge is 2.11. The highest BCUT2D eigenvalue weighted by Crippen LogP contribution is 2.07. The first-order chi connectivity index (χ1) is 8.40. The van der Waals surface area contributed by atoms with Crippen molar-refractivity contribution in [2.45, 2.75) is 20.4 Å². The van der Waals surface area contributed by atoms with Crippen molar-refractivity contribution in [2.75, 3.05) is 0 Å². The molecular weight excluding hydrogens is 256 g/mol. The van der Waals surface area contributed by atoms with Crippen molar-refractivity contribution in [1.82, 2.24) is 19.3 Å². The number of hydrogen-bond acceptors (Lipinski definition) is 3. The average molecular weight is 269 g/mol. The van der Waals surface area contributed by atoms with Gasteiger partial charge < -0.3 is 0 Å². The molecule has 0 amide bonds. The van der Waals surface area contributed by atoms with E-state index >= 15 is 0 Å². The molecule has 2 aromatic rings. The molecule has 1 N–H and O–H groups in total. The zero-order chi connectivity index (χ0) is 13.4. The van der Waals surface area contributed by atoms with Crippen LogP contribution >= 0.6 is 11.6 Å². The Labute approximate surface area is 108 Å². The molecule has 0 atom stereocenters. The van der Waals surface area contributed by atoms with Gasteiger partial charge in [-0.15, -0.1) is 0 Å². The van der Waals surface area contributed by atoms with Crippen molar-refractivity contribution in [1.29, 1.82) is 0 Å². The third-order valence-corrected chi connectivity index (χ3v) is 3.18. The first-order valence-electron chi connectivity index (χ1n) is 5.38. The maximum atomic E-state index is 12.0. The van der Waals surface area contributed by atoms with Crippen molar-refractivity contribution in [2.24, 2.45) is 7.05 Å². The lowest BCUT2D eigenvalue weighted by Crippen LogP contribution is -2.36. The van der Waals surface area contributed by atoms with E-state index in [1.165, 1.54) is 0 Å². The Hall–Kier alpha value is -1.82. The predicted octanol–water partition coefficient (Wildman–Crippen LogP) is 0.589. The fraction of sp³-hybridized carbons (Fsp3) is 0.364. The summed E-state index contributed by atoms with van der Waals surface area (Å²) in [6.07, 6.45) is 1.78. The Morgan fingerprint density at radius 2 is 2.06 bits per heavy atom. The number of nitrogens with zero attached hydrogens (tertiary/aromatic N) is 3. The first-order valence-corrected chi connectivity index (χ1v) is 5.76. The van der Waals surface area contributed by atoms with E-state index < -0.39 is 5.69 Å². The van der Waals surface area contributed by atoms with Crippen LogP contribution in [0.25, 0.3) is 0 Å². The van der Waals surface area contributed by atoms with Crippen LogP contribution in [0.2, 0.25) is 5.15 Å². The second-order valence-corrected chi connectivity index (χ2v) is 4.55. The van der Waals surface area contributed by atoms with E-state index in [2.05, 4.69) is 10.1 Å². The number of halogens is 1. The van der Waals surface area contributed by atoms with E-state index in [0.717, 1.165) is 15.8 Å². The summed E-state index contributed by atoms with van der Waals surface area (Å²) in [7, 11) is 1.79. The summed E-state index contributed by atoms with van der Waals surface area (Å²) in [5, 5.41) is 4.26. The van der Waals surface area contributed by atoms with E-state index in [9.17, 15) is 9.59 Å². The van der Waals surface area contributed by atoms with Crippen LogP contribution in [-0.2, 0) is 13.6 Å². The second-order valence-electron chi connectivity index (χ2n) is 4.17. The van der Waals surface area contributed by atoms with Crippen LogP contribution in [0.15, 0.2) is 15.8 Å². The van der Waals surface area contributed by atoms with Gasteiger partial charge in [-0.1, -0.05) is 11.6 Å². The average Bonchev–Trinajstić information content (AvgIpc) is 2.60. The van der Waals surface area contributed by atoms with Crippen LogP contribution in [0.1, 0.15) is 16.8 Å². The maximum absolute atomic E-state index is 12.0. The SMILES string of the molecule is Cc1nn(C)cc1Cn1c(=O)[nH]c(Cl)c(C)c1=O. The Kier molecular flexibility index (Phi) is 3.13. The summed E-state index contributed by atoms with van der Waals surface area (Å²) in [6, 6.07) is 0. The van der Waals surface area contributed by atoms with Crippen molar-refractivity contribution in [3.05, 3.63) is 49.0 Å². The Morgan fingerprint density at radius 1 is 1.39 bits per heavy atom. The minimum atomic E-state index is -0.515. The summed E-state index contributed by atoms with van der Waals surface area (Å²) in [6.45, 7) is 3.59. The Balaban J connectivity index is 2.54. The van der Waals surface area contributed by atoms with Crippen LogP contribution < -0.4 is 11.2 Å². The molecule has 2 aromatic heterocycles. The van der Waals surface area contributed by atoms with Gasteiger partial charge in [-0.3, -0.25) is 19.0 Å². The molecule has 0 aliphatic rings. The Bertz CT molecular complexity index is 711. The predicted molar refractivity (Wildman–Crippen MR) is 68.1 cm³/mol. The summed E-state index contributed by atoms with van der Waals surface area (Å²) in [5.74, 6) is 0. The molecule has 0 aliphatic carbocycles. The quantitative estimate of drug-likeness (QED) is 0.810. The lowest BCUT2D eigenvalue weighted by atomic mass is 10.2. The lowest BCUT2D eigenvalue weighted by molar-refractivity contribution is 0.688. The van der Waals surface area contributed by atoms with Gasteiger partial charge in [0.15, 0.2) is 0 Å². The van der Waals surface area contributed by atoms with Gasteiger partial charge in [0.25, 0.3) is 5.56 Å². The summed E-state index contributed by atoms with van der Waals surface area (Å²) >= 11 is 5.74. The lowest BCUT2D eigenvalue weighted by Gasteiger charge is -2.05. The molecule has 0 aliphatic heterocycles. The fourth-order valence-electron chi connectivity index (χ4n) is 1.76. The van der Waals surface area contributed by atoms with Gasteiger partial charge >= 0.3 is 5.69 Å². The minimum Gasteiger partial charge on any atom is -0.297 e. The highest BCUT2D eigenvalue weighted by atomic mass is 35.5. The zero-order valence-corrected chi connectivity index (χ0v) is 11.1. The maximum Gasteiger partial charge on any atom is 0.329 e. The van der Waals surface area contributed by atoms with Crippen LogP contribution in [0.3, 0.4) is 0 Å². The van der Waals surface area contributed by atoms with Crippen molar-refractivity contribution < 1.29 is 0 Å². The van der Waals surface area contributed by atoms with Crippen molar-refractivity contribution in [3.8, 4) is 0 Å². The molecule has 96 valence electrons. The molecule has 0 radical (unpaired) electrons. The third kappa shape index (κ3) is 2.11. The van der Waals surface area contributed by atoms with Gasteiger partial charge in [0.2, 0.25) is 0 Å². The first kappa shape index (κ1) is 12.6. The fourth-order valence-corrected chi connectivity index (χ4v) is 1.92. The molecule has 0 fully saturated rings. The molecule has 0 aromatic carbocycles. The molecule has 0 bridgehead atoms. The molecule has 2 rings (SSSR count). The van der Waals surface area contributed by atoms with Gasteiger partial charge in [0, 0.05) is 24.4 Å².